The number of hydrogen-bond donors (Lipinski definition) is 0. The molecule has 13 heteroatoms. The van der Waals surface area contributed by atoms with E-state index in [1.165, 1.54) is 6.07 Å². The molecule has 4 fully saturated rings. The summed E-state index contributed by atoms with van der Waals surface area (Å²) in [6, 6.07) is 1.20. The van der Waals surface area contributed by atoms with Crippen LogP contribution in [0, 0.1) is 0 Å². The lowest BCUT2D eigenvalue weighted by Gasteiger charge is -2.42. The first-order valence-electron chi connectivity index (χ1n) is 14.1. The standard InChI is InChI=1S/C28H34BrClF3N5O3/c1-27(2,3)41-26(39)38-16-5-6-17(38)13-36(12-16)24-19-9-18(23(32)33)20(29)21(30)22(19)34-25(35-24)40-14-28-7-4-8-37(28)11-15(31)10-28/h9,15-17,23H,4-8,10-14H2,1-3H3/t15-,16-,17+,28+/m1/s1. The smallest absolute Gasteiger partial charge is 0.410 e. The molecule has 4 aliphatic heterocycles. The summed E-state index contributed by atoms with van der Waals surface area (Å²) < 4.78 is 54.2. The van der Waals surface area contributed by atoms with Crippen molar-refractivity contribution < 1.29 is 27.4 Å². The van der Waals surface area contributed by atoms with Crippen LogP contribution in [-0.4, -0.2) is 88.0 Å². The van der Waals surface area contributed by atoms with Gasteiger partial charge in [-0.15, -0.1) is 0 Å². The van der Waals surface area contributed by atoms with Crippen molar-refractivity contribution in [1.29, 1.82) is 0 Å². The topological polar surface area (TPSA) is 71.0 Å². The van der Waals surface area contributed by atoms with Gasteiger partial charge in [0.05, 0.1) is 28.2 Å². The van der Waals surface area contributed by atoms with Crippen molar-refractivity contribution in [2.24, 2.45) is 0 Å². The second kappa shape index (κ2) is 10.6. The zero-order valence-electron chi connectivity index (χ0n) is 23.3. The first kappa shape index (κ1) is 29.0. The number of alkyl halides is 3. The van der Waals surface area contributed by atoms with Crippen molar-refractivity contribution >= 4 is 50.3 Å². The lowest BCUT2D eigenvalue weighted by molar-refractivity contribution is 0.0122. The maximum absolute atomic E-state index is 14.3. The molecule has 224 valence electrons. The van der Waals surface area contributed by atoms with Gasteiger partial charge >= 0.3 is 12.1 Å². The number of rotatable bonds is 5. The molecule has 8 nitrogen and oxygen atoms in total. The summed E-state index contributed by atoms with van der Waals surface area (Å²) in [5, 5.41) is 0.434. The van der Waals surface area contributed by atoms with E-state index in [4.69, 9.17) is 26.1 Å². The van der Waals surface area contributed by atoms with E-state index in [2.05, 4.69) is 25.8 Å². The number of carbonyl (C=O) groups excluding carboxylic acids is 1. The summed E-state index contributed by atoms with van der Waals surface area (Å²) in [5.74, 6) is 0.428. The summed E-state index contributed by atoms with van der Waals surface area (Å²) in [4.78, 5) is 28.3. The highest BCUT2D eigenvalue weighted by Gasteiger charge is 2.50. The van der Waals surface area contributed by atoms with Gasteiger partial charge in [0.15, 0.2) is 0 Å². The largest absolute Gasteiger partial charge is 0.461 e. The minimum absolute atomic E-state index is 0.0482. The Morgan fingerprint density at radius 3 is 2.59 bits per heavy atom. The molecule has 2 bridgehead atoms. The van der Waals surface area contributed by atoms with Crippen molar-refractivity contribution in [3.63, 3.8) is 0 Å². The molecule has 1 aromatic heterocycles. The second-order valence-corrected chi connectivity index (χ2v) is 13.8. The zero-order chi connectivity index (χ0) is 29.3. The third kappa shape index (κ3) is 5.33. The maximum atomic E-state index is 14.3. The Labute approximate surface area is 250 Å². The van der Waals surface area contributed by atoms with Gasteiger partial charge in [0, 0.05) is 41.5 Å². The van der Waals surface area contributed by atoms with Gasteiger partial charge in [-0.25, -0.2) is 18.0 Å². The van der Waals surface area contributed by atoms with E-state index in [-0.39, 0.29) is 45.9 Å². The van der Waals surface area contributed by atoms with Gasteiger partial charge in [-0.1, -0.05) is 11.6 Å². The highest BCUT2D eigenvalue weighted by Crippen LogP contribution is 2.44. The van der Waals surface area contributed by atoms with E-state index in [0.29, 0.717) is 42.8 Å². The van der Waals surface area contributed by atoms with E-state index in [1.54, 1.807) is 4.90 Å². The molecule has 0 radical (unpaired) electrons. The number of amides is 1. The Balaban J connectivity index is 1.35. The average Bonchev–Trinajstić information content (AvgIpc) is 3.50. The number of benzene rings is 1. The number of hydrogen-bond acceptors (Lipinski definition) is 7. The quantitative estimate of drug-likeness (QED) is 0.362. The minimum atomic E-state index is -2.77. The molecule has 5 heterocycles. The van der Waals surface area contributed by atoms with E-state index in [1.807, 2.05) is 25.7 Å². The van der Waals surface area contributed by atoms with Crippen LogP contribution >= 0.6 is 27.5 Å². The summed E-state index contributed by atoms with van der Waals surface area (Å²) >= 11 is 9.84. The zero-order valence-corrected chi connectivity index (χ0v) is 25.7. The highest BCUT2D eigenvalue weighted by molar-refractivity contribution is 9.10. The number of nitrogens with zero attached hydrogens (tertiary/aromatic N) is 5. The van der Waals surface area contributed by atoms with E-state index < -0.39 is 23.7 Å². The van der Waals surface area contributed by atoms with Crippen LogP contribution in [0.2, 0.25) is 5.02 Å². The van der Waals surface area contributed by atoms with Crippen LogP contribution < -0.4 is 9.64 Å². The first-order valence-corrected chi connectivity index (χ1v) is 15.3. The van der Waals surface area contributed by atoms with Crippen LogP contribution in [0.25, 0.3) is 10.9 Å². The van der Waals surface area contributed by atoms with Crippen LogP contribution in [0.1, 0.15) is 64.9 Å². The molecule has 0 aliphatic carbocycles. The number of halogens is 5. The van der Waals surface area contributed by atoms with Crippen LogP contribution in [0.4, 0.5) is 23.8 Å². The molecule has 1 aromatic carbocycles. The molecule has 2 aromatic rings. The fraction of sp³-hybridized carbons (Fsp3) is 0.679. The molecule has 0 saturated carbocycles. The predicted molar refractivity (Wildman–Crippen MR) is 153 cm³/mol. The fourth-order valence-electron chi connectivity index (χ4n) is 6.99. The fourth-order valence-corrected chi connectivity index (χ4v) is 7.72. The van der Waals surface area contributed by atoms with Gasteiger partial charge in [0.2, 0.25) is 0 Å². The number of carbonyl (C=O) groups is 1. The molecule has 1 amide bonds. The number of piperazine rings is 1. The molecule has 4 atom stereocenters. The van der Waals surface area contributed by atoms with Crippen LogP contribution in [-0.2, 0) is 4.74 Å². The molecule has 6 rings (SSSR count). The van der Waals surface area contributed by atoms with Crippen LogP contribution in [0.3, 0.4) is 0 Å². The predicted octanol–water partition coefficient (Wildman–Crippen LogP) is 6.53. The maximum Gasteiger partial charge on any atom is 0.410 e. The van der Waals surface area contributed by atoms with Crippen molar-refractivity contribution in [2.45, 2.75) is 88.7 Å². The van der Waals surface area contributed by atoms with Gasteiger partial charge in [0.25, 0.3) is 6.43 Å². The minimum Gasteiger partial charge on any atom is -0.461 e. The van der Waals surface area contributed by atoms with Gasteiger partial charge in [-0.2, -0.15) is 9.97 Å². The number of ether oxygens (including phenoxy) is 2. The number of fused-ring (bicyclic) bond motifs is 4. The molecule has 0 unspecified atom stereocenters. The monoisotopic (exact) mass is 659 g/mol. The van der Waals surface area contributed by atoms with Crippen molar-refractivity contribution in [2.75, 3.05) is 37.7 Å². The molecule has 0 N–H and O–H groups in total. The van der Waals surface area contributed by atoms with Gasteiger partial charge < -0.3 is 14.4 Å². The Bertz CT molecular complexity index is 1350. The van der Waals surface area contributed by atoms with E-state index >= 15 is 0 Å². The van der Waals surface area contributed by atoms with Crippen molar-refractivity contribution in [3.8, 4) is 6.01 Å². The Morgan fingerprint density at radius 1 is 1.22 bits per heavy atom. The summed E-state index contributed by atoms with van der Waals surface area (Å²) in [6.45, 7) is 7.85. The molecule has 41 heavy (non-hydrogen) atoms. The van der Waals surface area contributed by atoms with Gasteiger partial charge in [-0.05, 0) is 75.0 Å². The number of aromatic nitrogens is 2. The molecular weight excluding hydrogens is 627 g/mol. The van der Waals surface area contributed by atoms with Gasteiger partial charge in [0.1, 0.15) is 24.2 Å². The molecule has 4 aliphatic rings. The molecule has 0 spiro atoms. The summed E-state index contributed by atoms with van der Waals surface area (Å²) in [7, 11) is 0. The van der Waals surface area contributed by atoms with E-state index in [0.717, 1.165) is 32.2 Å². The molecule has 4 saturated heterocycles. The van der Waals surface area contributed by atoms with Crippen LogP contribution in [0.15, 0.2) is 10.5 Å². The summed E-state index contributed by atoms with van der Waals surface area (Å²) in [6.07, 6.45) is -0.230. The Hall–Kier alpha value is -2.05. The third-order valence-corrected chi connectivity index (χ3v) is 10.2. The van der Waals surface area contributed by atoms with E-state index in [9.17, 15) is 18.0 Å². The van der Waals surface area contributed by atoms with Crippen molar-refractivity contribution in [1.82, 2.24) is 19.8 Å². The highest BCUT2D eigenvalue weighted by atomic mass is 79.9. The molecular formula is C28H34BrClF3N5O3. The normalized spacial score (nSPS) is 28.2. The lowest BCUT2D eigenvalue weighted by atomic mass is 9.95. The van der Waals surface area contributed by atoms with Gasteiger partial charge in [-0.3, -0.25) is 9.80 Å². The Morgan fingerprint density at radius 2 is 1.93 bits per heavy atom. The first-order chi connectivity index (χ1) is 19.3. The second-order valence-electron chi connectivity index (χ2n) is 12.7. The average molecular weight is 661 g/mol. The Kier molecular flexibility index (Phi) is 7.50. The lowest BCUT2D eigenvalue weighted by Crippen LogP contribution is -2.57. The summed E-state index contributed by atoms with van der Waals surface area (Å²) in [5.41, 5.74) is -0.980. The number of anilines is 1. The van der Waals surface area contributed by atoms with Crippen molar-refractivity contribution in [3.05, 3.63) is 21.1 Å². The SMILES string of the molecule is CC(C)(C)OC(=O)N1[C@@H]2CC[C@H]1CN(c1nc(OC[C@@]34CCCN3C[C@H](F)C4)nc3c(Cl)c(Br)c(C(F)F)cc13)C2. The third-order valence-electron chi connectivity index (χ3n) is 8.71. The van der Waals surface area contributed by atoms with Crippen LogP contribution in [0.5, 0.6) is 6.01 Å².